The number of likely N-dealkylation sites (tertiary alicyclic amines) is 1. The summed E-state index contributed by atoms with van der Waals surface area (Å²) in [6, 6.07) is 7.79. The highest BCUT2D eigenvalue weighted by molar-refractivity contribution is 5.94. The molecule has 26 heavy (non-hydrogen) atoms. The van der Waals surface area contributed by atoms with Crippen molar-refractivity contribution in [2.24, 2.45) is 0 Å². The monoisotopic (exact) mass is 354 g/mol. The van der Waals surface area contributed by atoms with Gasteiger partial charge in [-0.25, -0.2) is 9.97 Å². The number of hydrogen-bond acceptors (Lipinski definition) is 5. The lowest BCUT2D eigenvalue weighted by Gasteiger charge is -2.21. The minimum Gasteiger partial charge on any atom is -0.380 e. The number of nitrogens with one attached hydrogen (secondary N) is 1. The molecule has 2 heterocycles. The second-order valence-corrected chi connectivity index (χ2v) is 6.78. The zero-order chi connectivity index (χ0) is 18.5. The Labute approximate surface area is 154 Å². The number of aromatic nitrogens is 2. The lowest BCUT2D eigenvalue weighted by Crippen LogP contribution is -2.26. The fourth-order valence-electron chi connectivity index (χ4n) is 3.44. The molecular weight excluding hydrogens is 328 g/mol. The molecule has 3 rings (SSSR count). The van der Waals surface area contributed by atoms with Crippen molar-refractivity contribution in [1.82, 2.24) is 20.2 Å². The minimum absolute atomic E-state index is 0.103. The first kappa shape index (κ1) is 18.5. The molecule has 2 aromatic rings. The van der Waals surface area contributed by atoms with Crippen molar-refractivity contribution in [3.05, 3.63) is 58.7 Å². The lowest BCUT2D eigenvalue weighted by atomic mass is 10.1. The van der Waals surface area contributed by atoms with Crippen LogP contribution in [0.25, 0.3) is 0 Å². The van der Waals surface area contributed by atoms with Gasteiger partial charge in [0.25, 0.3) is 5.91 Å². The predicted molar refractivity (Wildman–Crippen MR) is 99.7 cm³/mol. The van der Waals surface area contributed by atoms with Crippen LogP contribution in [0.5, 0.6) is 0 Å². The number of rotatable bonds is 6. The van der Waals surface area contributed by atoms with Gasteiger partial charge in [-0.15, -0.1) is 0 Å². The van der Waals surface area contributed by atoms with E-state index >= 15 is 0 Å². The van der Waals surface area contributed by atoms with Gasteiger partial charge in [-0.2, -0.15) is 0 Å². The summed E-state index contributed by atoms with van der Waals surface area (Å²) in [7, 11) is 3.77. The van der Waals surface area contributed by atoms with Gasteiger partial charge < -0.3 is 10.1 Å². The van der Waals surface area contributed by atoms with Crippen LogP contribution in [0.2, 0.25) is 0 Å². The van der Waals surface area contributed by atoms with E-state index < -0.39 is 0 Å². The molecule has 1 amide bonds. The fraction of sp³-hybridized carbons (Fsp3) is 0.450. The van der Waals surface area contributed by atoms with Crippen LogP contribution in [0.4, 0.5) is 0 Å². The highest BCUT2D eigenvalue weighted by atomic mass is 16.5. The van der Waals surface area contributed by atoms with Crippen LogP contribution in [0.3, 0.4) is 0 Å². The summed E-state index contributed by atoms with van der Waals surface area (Å²) in [6.45, 7) is 3.90. The Morgan fingerprint density at radius 3 is 3.00 bits per heavy atom. The molecule has 0 aliphatic carbocycles. The first-order valence-electron chi connectivity index (χ1n) is 8.97. The van der Waals surface area contributed by atoms with Gasteiger partial charge >= 0.3 is 0 Å². The second kappa shape index (κ2) is 8.38. The normalized spacial score (nSPS) is 17.4. The molecule has 1 fully saturated rings. The maximum absolute atomic E-state index is 12.5. The number of amides is 1. The predicted octanol–water partition coefficient (Wildman–Crippen LogP) is 2.63. The van der Waals surface area contributed by atoms with Gasteiger partial charge in [0, 0.05) is 31.0 Å². The Bertz CT molecular complexity index is 778. The number of ether oxygens (including phenoxy) is 1. The van der Waals surface area contributed by atoms with Gasteiger partial charge in [0.1, 0.15) is 5.82 Å². The van der Waals surface area contributed by atoms with E-state index in [0.29, 0.717) is 24.8 Å². The molecule has 1 aromatic carbocycles. The smallest absolute Gasteiger partial charge is 0.251 e. The molecule has 0 bridgehead atoms. The molecule has 1 aliphatic heterocycles. The largest absolute Gasteiger partial charge is 0.380 e. The minimum atomic E-state index is -0.103. The van der Waals surface area contributed by atoms with Crippen LogP contribution in [0.1, 0.15) is 51.9 Å². The second-order valence-electron chi connectivity index (χ2n) is 6.78. The molecule has 0 spiro atoms. The summed E-state index contributed by atoms with van der Waals surface area (Å²) >= 11 is 0. The highest BCUT2D eigenvalue weighted by Crippen LogP contribution is 2.31. The zero-order valence-electron chi connectivity index (χ0n) is 15.7. The number of carbonyl (C=O) groups is 1. The first-order chi connectivity index (χ1) is 12.6. The molecule has 1 atom stereocenters. The number of aryl methyl sites for hydroxylation is 1. The average Bonchev–Trinajstić information content (AvgIpc) is 3.06. The summed E-state index contributed by atoms with van der Waals surface area (Å²) in [4.78, 5) is 23.9. The van der Waals surface area contributed by atoms with E-state index in [0.717, 1.165) is 35.6 Å². The molecule has 6 heteroatoms. The number of hydrogen-bond donors (Lipinski definition) is 1. The third kappa shape index (κ3) is 4.26. The molecule has 0 saturated carbocycles. The van der Waals surface area contributed by atoms with Gasteiger partial charge in [-0.05, 0) is 51.1 Å². The summed E-state index contributed by atoms with van der Waals surface area (Å²) in [5.74, 6) is 0.664. The Kier molecular flexibility index (Phi) is 5.96. The van der Waals surface area contributed by atoms with E-state index in [9.17, 15) is 4.79 Å². The summed E-state index contributed by atoms with van der Waals surface area (Å²) < 4.78 is 5.13. The van der Waals surface area contributed by atoms with Crippen molar-refractivity contribution < 1.29 is 9.53 Å². The molecule has 1 aromatic heterocycles. The SMILES string of the molecule is COCc1cccc(C(=O)NCc2cnc(C)nc2C2CCCN2C)c1. The molecule has 6 nitrogen and oxygen atoms in total. The van der Waals surface area contributed by atoms with Crippen molar-refractivity contribution in [2.45, 2.75) is 39.0 Å². The topological polar surface area (TPSA) is 67.3 Å². The van der Waals surface area contributed by atoms with Crippen LogP contribution in [-0.2, 0) is 17.9 Å². The van der Waals surface area contributed by atoms with E-state index in [1.54, 1.807) is 7.11 Å². The Balaban J connectivity index is 1.73. The number of carbonyl (C=O) groups excluding carboxylic acids is 1. The number of benzene rings is 1. The lowest BCUT2D eigenvalue weighted by molar-refractivity contribution is 0.0950. The highest BCUT2D eigenvalue weighted by Gasteiger charge is 2.26. The average molecular weight is 354 g/mol. The van der Waals surface area contributed by atoms with E-state index in [1.165, 1.54) is 6.42 Å². The van der Waals surface area contributed by atoms with E-state index in [1.807, 2.05) is 37.4 Å². The molecule has 0 radical (unpaired) electrons. The van der Waals surface area contributed by atoms with Crippen LogP contribution >= 0.6 is 0 Å². The van der Waals surface area contributed by atoms with Crippen LogP contribution in [-0.4, -0.2) is 41.5 Å². The van der Waals surface area contributed by atoms with Crippen molar-refractivity contribution >= 4 is 5.91 Å². The van der Waals surface area contributed by atoms with E-state index in [4.69, 9.17) is 4.74 Å². The van der Waals surface area contributed by atoms with E-state index in [-0.39, 0.29) is 5.91 Å². The molecule has 1 saturated heterocycles. The van der Waals surface area contributed by atoms with Gasteiger partial charge in [0.05, 0.1) is 18.3 Å². The zero-order valence-corrected chi connectivity index (χ0v) is 15.7. The van der Waals surface area contributed by atoms with Crippen LogP contribution in [0.15, 0.2) is 30.5 Å². The third-order valence-electron chi connectivity index (χ3n) is 4.79. The number of methoxy groups -OCH3 is 1. The standard InChI is InChI=1S/C20H26N4O2/c1-14-21-11-17(19(23-14)18-8-5-9-24(18)2)12-22-20(25)16-7-4-6-15(10-16)13-26-3/h4,6-7,10-11,18H,5,8-9,12-13H2,1-3H3,(H,22,25). The summed E-state index contributed by atoms with van der Waals surface area (Å²) in [5, 5.41) is 3.00. The van der Waals surface area contributed by atoms with Gasteiger partial charge in [-0.3, -0.25) is 9.69 Å². The molecule has 1 aliphatic rings. The van der Waals surface area contributed by atoms with Gasteiger partial charge in [-0.1, -0.05) is 12.1 Å². The van der Waals surface area contributed by atoms with E-state index in [2.05, 4.69) is 27.2 Å². The third-order valence-corrected chi connectivity index (χ3v) is 4.79. The Morgan fingerprint density at radius 2 is 2.27 bits per heavy atom. The Morgan fingerprint density at radius 1 is 1.42 bits per heavy atom. The van der Waals surface area contributed by atoms with Gasteiger partial charge in [0.15, 0.2) is 0 Å². The van der Waals surface area contributed by atoms with Crippen molar-refractivity contribution in [3.8, 4) is 0 Å². The summed E-state index contributed by atoms with van der Waals surface area (Å²) in [6.07, 6.45) is 4.10. The summed E-state index contributed by atoms with van der Waals surface area (Å²) in [5.41, 5.74) is 3.63. The Hall–Kier alpha value is -2.31. The van der Waals surface area contributed by atoms with Crippen molar-refractivity contribution in [1.29, 1.82) is 0 Å². The molecule has 1 unspecified atom stereocenters. The molecule has 138 valence electrons. The van der Waals surface area contributed by atoms with Crippen LogP contribution in [0, 0.1) is 6.92 Å². The molecular formula is C20H26N4O2. The number of nitrogens with zero attached hydrogens (tertiary/aromatic N) is 3. The van der Waals surface area contributed by atoms with Crippen molar-refractivity contribution in [3.63, 3.8) is 0 Å². The quantitative estimate of drug-likeness (QED) is 0.864. The van der Waals surface area contributed by atoms with Crippen molar-refractivity contribution in [2.75, 3.05) is 20.7 Å². The fourth-order valence-corrected chi connectivity index (χ4v) is 3.44. The maximum atomic E-state index is 12.5. The molecule has 1 N–H and O–H groups in total. The van der Waals surface area contributed by atoms with Crippen LogP contribution < -0.4 is 5.32 Å². The maximum Gasteiger partial charge on any atom is 0.251 e. The first-order valence-corrected chi connectivity index (χ1v) is 8.97. The van der Waals surface area contributed by atoms with Gasteiger partial charge in [0.2, 0.25) is 0 Å².